The van der Waals surface area contributed by atoms with Gasteiger partial charge in [0.2, 0.25) is 0 Å². The molecule has 1 amide bonds. The lowest BCUT2D eigenvalue weighted by Crippen LogP contribution is -3.05. The Hall–Kier alpha value is -1.59. The Morgan fingerprint density at radius 2 is 1.86 bits per heavy atom. The molecule has 0 spiro atoms. The van der Waals surface area contributed by atoms with Crippen molar-refractivity contribution in [3.8, 4) is 5.75 Å². The fraction of sp³-hybridized carbons (Fsp3) is 0.500. The molecule has 6 heteroatoms. The molecular weight excluding hydrogens is 302 g/mol. The molecule has 0 aliphatic carbocycles. The van der Waals surface area contributed by atoms with Crippen LogP contribution >= 0.6 is 11.6 Å². The number of phenols is 1. The quantitative estimate of drug-likeness (QED) is 0.728. The molecule has 1 fully saturated rings. The lowest BCUT2D eigenvalue weighted by atomic mass is 9.81. The average Bonchev–Trinajstić information content (AvgIpc) is 2.35. The van der Waals surface area contributed by atoms with Gasteiger partial charge in [-0.2, -0.15) is 5.10 Å². The Balaban J connectivity index is 2.14. The maximum atomic E-state index is 12.1. The highest BCUT2D eigenvalue weighted by Gasteiger charge is 2.39. The second kappa shape index (κ2) is 5.89. The number of hydrazone groups is 1. The predicted octanol–water partition coefficient (Wildman–Crippen LogP) is 2.05. The summed E-state index contributed by atoms with van der Waals surface area (Å²) in [6, 6.07) is 4.35. The highest BCUT2D eigenvalue weighted by atomic mass is 35.5. The molecule has 0 radical (unpaired) electrons. The van der Waals surface area contributed by atoms with Crippen LogP contribution in [0.2, 0.25) is 5.02 Å². The number of nitrogens with two attached hydrogens (primary N) is 1. The lowest BCUT2D eigenvalue weighted by molar-refractivity contribution is -0.780. The largest absolute Gasteiger partial charge is 0.507 e. The van der Waals surface area contributed by atoms with Gasteiger partial charge in [0.05, 0.1) is 22.4 Å². The van der Waals surface area contributed by atoms with Crippen LogP contribution in [-0.2, 0) is 0 Å². The van der Waals surface area contributed by atoms with Crippen LogP contribution in [-0.4, -0.2) is 27.8 Å². The van der Waals surface area contributed by atoms with Crippen LogP contribution in [0.1, 0.15) is 50.9 Å². The molecule has 1 saturated heterocycles. The number of rotatable bonds is 2. The number of carbonyl (C=O) groups excluding carboxylic acids is 1. The number of quaternary nitrogens is 1. The molecule has 1 aromatic rings. The van der Waals surface area contributed by atoms with E-state index in [-0.39, 0.29) is 22.4 Å². The second-order valence-corrected chi connectivity index (χ2v) is 7.69. The fourth-order valence-corrected chi connectivity index (χ4v) is 3.41. The number of benzene rings is 1. The zero-order chi connectivity index (χ0) is 16.5. The van der Waals surface area contributed by atoms with E-state index in [0.717, 1.165) is 18.6 Å². The van der Waals surface area contributed by atoms with E-state index >= 15 is 0 Å². The van der Waals surface area contributed by atoms with Crippen molar-refractivity contribution in [3.63, 3.8) is 0 Å². The van der Waals surface area contributed by atoms with Crippen molar-refractivity contribution >= 4 is 23.2 Å². The summed E-state index contributed by atoms with van der Waals surface area (Å²) in [6.45, 7) is 8.64. The molecule has 1 aliphatic heterocycles. The van der Waals surface area contributed by atoms with Crippen molar-refractivity contribution in [1.82, 2.24) is 5.43 Å². The number of piperidine rings is 1. The van der Waals surface area contributed by atoms with E-state index in [1.54, 1.807) is 0 Å². The van der Waals surface area contributed by atoms with Crippen molar-refractivity contribution in [2.45, 2.75) is 51.6 Å². The van der Waals surface area contributed by atoms with Gasteiger partial charge in [0, 0.05) is 17.9 Å². The number of hydrogen-bond donors (Lipinski definition) is 3. The topological polar surface area (TPSA) is 78.3 Å². The highest BCUT2D eigenvalue weighted by Crippen LogP contribution is 2.22. The van der Waals surface area contributed by atoms with Crippen molar-refractivity contribution in [3.05, 3.63) is 28.8 Å². The molecule has 0 saturated carbocycles. The molecule has 0 atom stereocenters. The van der Waals surface area contributed by atoms with Crippen LogP contribution in [0.4, 0.5) is 0 Å². The van der Waals surface area contributed by atoms with E-state index in [0.29, 0.717) is 5.02 Å². The van der Waals surface area contributed by atoms with Crippen LogP contribution in [0, 0.1) is 0 Å². The summed E-state index contributed by atoms with van der Waals surface area (Å²) in [5, 5.41) is 16.7. The Bertz CT molecular complexity index is 606. The molecule has 5 nitrogen and oxygen atoms in total. The minimum Gasteiger partial charge on any atom is -0.507 e. The lowest BCUT2D eigenvalue weighted by Gasteiger charge is -2.39. The van der Waals surface area contributed by atoms with Gasteiger partial charge in [0.25, 0.3) is 5.91 Å². The minimum atomic E-state index is -0.460. The summed E-state index contributed by atoms with van der Waals surface area (Å²) in [5.74, 6) is -0.572. The molecule has 4 N–H and O–H groups in total. The Morgan fingerprint density at radius 3 is 2.45 bits per heavy atom. The summed E-state index contributed by atoms with van der Waals surface area (Å²) in [7, 11) is 0. The van der Waals surface area contributed by atoms with Gasteiger partial charge in [-0.1, -0.05) is 11.6 Å². The van der Waals surface area contributed by atoms with Crippen LogP contribution in [0.15, 0.2) is 23.3 Å². The number of amides is 1. The van der Waals surface area contributed by atoms with Crippen LogP contribution in [0.3, 0.4) is 0 Å². The standard InChI is InChI=1S/C16H22ClN3O2/c1-15(2)8-11(9-16(3,4)20-15)18-19-14(22)12-7-10(17)5-6-13(12)21/h5-7,20-21H,8-9H2,1-4H3,(H,19,22)/p+1. The van der Waals surface area contributed by atoms with E-state index in [9.17, 15) is 9.90 Å². The second-order valence-electron chi connectivity index (χ2n) is 7.26. The van der Waals surface area contributed by atoms with Crippen LogP contribution in [0.5, 0.6) is 5.75 Å². The van der Waals surface area contributed by atoms with Crippen LogP contribution in [0.25, 0.3) is 0 Å². The predicted molar refractivity (Wildman–Crippen MR) is 87.3 cm³/mol. The third kappa shape index (κ3) is 4.21. The Labute approximate surface area is 135 Å². The number of aromatic hydroxyl groups is 1. The average molecular weight is 325 g/mol. The molecule has 0 bridgehead atoms. The number of nitrogens with one attached hydrogen (secondary N) is 1. The van der Waals surface area contributed by atoms with Gasteiger partial charge in [-0.3, -0.25) is 4.79 Å². The van der Waals surface area contributed by atoms with Gasteiger partial charge < -0.3 is 10.4 Å². The summed E-state index contributed by atoms with van der Waals surface area (Å²) >= 11 is 5.85. The molecule has 1 aliphatic rings. The first kappa shape index (κ1) is 16.8. The summed E-state index contributed by atoms with van der Waals surface area (Å²) in [6.07, 6.45) is 1.61. The third-order valence-electron chi connectivity index (χ3n) is 3.62. The number of nitrogens with zero attached hydrogens (tertiary/aromatic N) is 1. The summed E-state index contributed by atoms with van der Waals surface area (Å²) in [5.41, 5.74) is 3.69. The molecule has 0 aromatic heterocycles. The molecule has 22 heavy (non-hydrogen) atoms. The smallest absolute Gasteiger partial charge is 0.275 e. The van der Waals surface area contributed by atoms with E-state index in [4.69, 9.17) is 11.6 Å². The van der Waals surface area contributed by atoms with Crippen molar-refractivity contribution < 1.29 is 15.2 Å². The first-order valence-electron chi connectivity index (χ1n) is 7.29. The normalized spacial score (nSPS) is 19.6. The molecule has 2 rings (SSSR count). The zero-order valence-electron chi connectivity index (χ0n) is 13.4. The van der Waals surface area contributed by atoms with Crippen molar-refractivity contribution in [1.29, 1.82) is 0 Å². The number of phenolic OH excluding ortho intramolecular Hbond substituents is 1. The van der Waals surface area contributed by atoms with Gasteiger partial charge >= 0.3 is 0 Å². The Kier molecular flexibility index (Phi) is 4.49. The molecule has 0 unspecified atom stereocenters. The van der Waals surface area contributed by atoms with Crippen molar-refractivity contribution in [2.24, 2.45) is 5.10 Å². The minimum absolute atomic E-state index is 0.0451. The first-order chi connectivity index (χ1) is 10.1. The molecule has 1 heterocycles. The van der Waals surface area contributed by atoms with Gasteiger partial charge in [-0.25, -0.2) is 5.43 Å². The van der Waals surface area contributed by atoms with E-state index in [1.165, 1.54) is 18.2 Å². The number of carbonyl (C=O) groups is 1. The molecular formula is C16H23ClN3O2+. The summed E-state index contributed by atoms with van der Waals surface area (Å²) < 4.78 is 0. The summed E-state index contributed by atoms with van der Waals surface area (Å²) in [4.78, 5) is 12.1. The van der Waals surface area contributed by atoms with Gasteiger partial charge in [0.15, 0.2) is 0 Å². The van der Waals surface area contributed by atoms with Gasteiger partial charge in [0.1, 0.15) is 5.75 Å². The fourth-order valence-electron chi connectivity index (χ4n) is 3.23. The van der Waals surface area contributed by atoms with E-state index in [2.05, 4.69) is 43.5 Å². The number of hydrogen-bond acceptors (Lipinski definition) is 3. The maximum Gasteiger partial charge on any atom is 0.275 e. The highest BCUT2D eigenvalue weighted by molar-refractivity contribution is 6.31. The Morgan fingerprint density at radius 1 is 1.27 bits per heavy atom. The first-order valence-corrected chi connectivity index (χ1v) is 7.67. The van der Waals surface area contributed by atoms with E-state index in [1.807, 2.05) is 0 Å². The maximum absolute atomic E-state index is 12.1. The van der Waals surface area contributed by atoms with Gasteiger partial charge in [-0.05, 0) is 45.9 Å². The zero-order valence-corrected chi connectivity index (χ0v) is 14.2. The monoisotopic (exact) mass is 324 g/mol. The molecule has 1 aromatic carbocycles. The van der Waals surface area contributed by atoms with Gasteiger partial charge in [-0.15, -0.1) is 0 Å². The van der Waals surface area contributed by atoms with E-state index < -0.39 is 5.91 Å². The number of halogens is 1. The molecule has 120 valence electrons. The third-order valence-corrected chi connectivity index (χ3v) is 3.85. The van der Waals surface area contributed by atoms with Crippen LogP contribution < -0.4 is 10.7 Å². The SMILES string of the molecule is CC1(C)CC(=NNC(=O)c2cc(Cl)ccc2O)CC(C)(C)[NH2+]1. The van der Waals surface area contributed by atoms with Crippen molar-refractivity contribution in [2.75, 3.05) is 0 Å².